The first-order chi connectivity index (χ1) is 9.08. The molecule has 0 saturated carbocycles. The topological polar surface area (TPSA) is 52.6 Å². The van der Waals surface area contributed by atoms with Crippen LogP contribution in [0.4, 0.5) is 5.69 Å². The molecule has 1 aromatic carbocycles. The number of anilines is 1. The molecule has 1 rings (SSSR count). The molecule has 0 aromatic heterocycles. The molecule has 106 valence electrons. The Balaban J connectivity index is 2.58. The summed E-state index contributed by atoms with van der Waals surface area (Å²) in [6, 6.07) is 7.61. The van der Waals surface area contributed by atoms with Gasteiger partial charge in [-0.1, -0.05) is 0 Å². The van der Waals surface area contributed by atoms with E-state index in [9.17, 15) is 4.79 Å². The first-order valence-corrected chi connectivity index (χ1v) is 6.89. The highest BCUT2D eigenvalue weighted by Gasteiger charge is 2.07. The van der Waals surface area contributed by atoms with E-state index in [0.717, 1.165) is 18.8 Å². The molecule has 0 aliphatic heterocycles. The number of hydrogen-bond acceptors (Lipinski definition) is 3. The summed E-state index contributed by atoms with van der Waals surface area (Å²) >= 11 is 0. The molecule has 4 heteroatoms. The fourth-order valence-electron chi connectivity index (χ4n) is 1.91. The highest BCUT2D eigenvalue weighted by molar-refractivity contribution is 5.94. The van der Waals surface area contributed by atoms with E-state index in [0.29, 0.717) is 18.5 Å². The Morgan fingerprint density at radius 1 is 1.26 bits per heavy atom. The molecule has 2 N–H and O–H groups in total. The van der Waals surface area contributed by atoms with Gasteiger partial charge in [-0.05, 0) is 51.5 Å². The van der Waals surface area contributed by atoms with Gasteiger partial charge in [0.05, 0.1) is 6.10 Å². The molecular formula is C15H24N2O2. The first-order valence-electron chi connectivity index (χ1n) is 6.89. The maximum atomic E-state index is 11.8. The van der Waals surface area contributed by atoms with Crippen LogP contribution in [0.2, 0.25) is 0 Å². The summed E-state index contributed by atoms with van der Waals surface area (Å²) < 4.78 is 0. The summed E-state index contributed by atoms with van der Waals surface area (Å²) in [4.78, 5) is 14.1. The van der Waals surface area contributed by atoms with Crippen molar-refractivity contribution in [1.29, 1.82) is 0 Å². The second-order valence-electron chi connectivity index (χ2n) is 4.61. The molecule has 0 radical (unpaired) electrons. The molecule has 0 spiro atoms. The lowest BCUT2D eigenvalue weighted by Gasteiger charge is -2.21. The molecule has 0 fully saturated rings. The van der Waals surface area contributed by atoms with Crippen molar-refractivity contribution in [3.63, 3.8) is 0 Å². The summed E-state index contributed by atoms with van der Waals surface area (Å²) in [5, 5.41) is 11.9. The third-order valence-corrected chi connectivity index (χ3v) is 3.11. The zero-order valence-corrected chi connectivity index (χ0v) is 12.0. The SMILES string of the molecule is CCN(CC)c1ccc(C(=O)NCCC(C)O)cc1. The Kier molecular flexibility index (Phi) is 6.36. The molecular weight excluding hydrogens is 240 g/mol. The predicted molar refractivity (Wildman–Crippen MR) is 78.6 cm³/mol. The Bertz CT molecular complexity index is 384. The minimum atomic E-state index is -0.384. The van der Waals surface area contributed by atoms with Gasteiger partial charge >= 0.3 is 0 Å². The third-order valence-electron chi connectivity index (χ3n) is 3.11. The number of nitrogens with one attached hydrogen (secondary N) is 1. The Morgan fingerprint density at radius 3 is 2.32 bits per heavy atom. The molecule has 0 heterocycles. The van der Waals surface area contributed by atoms with E-state index >= 15 is 0 Å². The van der Waals surface area contributed by atoms with Gasteiger partial charge in [0.25, 0.3) is 5.91 Å². The van der Waals surface area contributed by atoms with E-state index in [2.05, 4.69) is 24.1 Å². The fourth-order valence-corrected chi connectivity index (χ4v) is 1.91. The average molecular weight is 264 g/mol. The first kappa shape index (κ1) is 15.5. The van der Waals surface area contributed by atoms with Crippen LogP contribution in [0.3, 0.4) is 0 Å². The van der Waals surface area contributed by atoms with Crippen molar-refractivity contribution in [2.75, 3.05) is 24.5 Å². The summed E-state index contributed by atoms with van der Waals surface area (Å²) in [6.45, 7) is 8.34. The highest BCUT2D eigenvalue weighted by Crippen LogP contribution is 2.14. The number of aliphatic hydroxyl groups excluding tert-OH is 1. The number of benzene rings is 1. The number of nitrogens with zero attached hydrogens (tertiary/aromatic N) is 1. The smallest absolute Gasteiger partial charge is 0.251 e. The molecule has 1 amide bonds. The van der Waals surface area contributed by atoms with Crippen LogP contribution < -0.4 is 10.2 Å². The second-order valence-corrected chi connectivity index (χ2v) is 4.61. The van der Waals surface area contributed by atoms with E-state index in [1.165, 1.54) is 0 Å². The van der Waals surface area contributed by atoms with Gasteiger partial charge in [0.15, 0.2) is 0 Å². The largest absolute Gasteiger partial charge is 0.393 e. The summed E-state index contributed by atoms with van der Waals surface area (Å²) in [5.74, 6) is -0.0910. The van der Waals surface area contributed by atoms with Gasteiger partial charge in [0.2, 0.25) is 0 Å². The van der Waals surface area contributed by atoms with Crippen molar-refractivity contribution < 1.29 is 9.90 Å². The van der Waals surface area contributed by atoms with Crippen molar-refractivity contribution in [2.45, 2.75) is 33.3 Å². The lowest BCUT2D eigenvalue weighted by molar-refractivity contribution is 0.0945. The number of hydrogen-bond donors (Lipinski definition) is 2. The number of aliphatic hydroxyl groups is 1. The van der Waals surface area contributed by atoms with Crippen LogP contribution in [-0.4, -0.2) is 36.8 Å². The van der Waals surface area contributed by atoms with Crippen molar-refractivity contribution in [2.24, 2.45) is 0 Å². The summed E-state index contributed by atoms with van der Waals surface area (Å²) in [5.41, 5.74) is 1.78. The molecule has 1 aromatic rings. The molecule has 0 saturated heterocycles. The van der Waals surface area contributed by atoms with Crippen LogP contribution >= 0.6 is 0 Å². The van der Waals surface area contributed by atoms with Crippen LogP contribution in [0.15, 0.2) is 24.3 Å². The van der Waals surface area contributed by atoms with Crippen molar-refractivity contribution in [3.8, 4) is 0 Å². The van der Waals surface area contributed by atoms with Gasteiger partial charge in [-0.15, -0.1) is 0 Å². The highest BCUT2D eigenvalue weighted by atomic mass is 16.3. The van der Waals surface area contributed by atoms with Crippen LogP contribution in [0.25, 0.3) is 0 Å². The van der Waals surface area contributed by atoms with E-state index in [1.807, 2.05) is 24.3 Å². The lowest BCUT2D eigenvalue weighted by Crippen LogP contribution is -2.26. The average Bonchev–Trinajstić information content (AvgIpc) is 2.40. The Morgan fingerprint density at radius 2 is 1.84 bits per heavy atom. The Hall–Kier alpha value is -1.55. The lowest BCUT2D eigenvalue weighted by atomic mass is 10.1. The van der Waals surface area contributed by atoms with E-state index in [1.54, 1.807) is 6.92 Å². The molecule has 0 aliphatic carbocycles. The zero-order valence-electron chi connectivity index (χ0n) is 12.0. The van der Waals surface area contributed by atoms with Gasteiger partial charge in [-0.2, -0.15) is 0 Å². The summed E-state index contributed by atoms with van der Waals surface area (Å²) in [6.07, 6.45) is 0.189. The number of amides is 1. The number of rotatable bonds is 7. The molecule has 0 aliphatic rings. The minimum absolute atomic E-state index is 0.0910. The van der Waals surface area contributed by atoms with E-state index in [4.69, 9.17) is 5.11 Å². The molecule has 1 unspecified atom stereocenters. The quantitative estimate of drug-likeness (QED) is 0.792. The third kappa shape index (κ3) is 4.91. The van der Waals surface area contributed by atoms with Crippen molar-refractivity contribution in [1.82, 2.24) is 5.32 Å². The number of carbonyl (C=O) groups is 1. The Labute approximate surface area is 115 Å². The molecule has 1 atom stereocenters. The van der Waals surface area contributed by atoms with Crippen molar-refractivity contribution in [3.05, 3.63) is 29.8 Å². The van der Waals surface area contributed by atoms with Gasteiger partial charge in [0.1, 0.15) is 0 Å². The normalized spacial score (nSPS) is 12.0. The summed E-state index contributed by atoms with van der Waals surface area (Å²) in [7, 11) is 0. The second kappa shape index (κ2) is 7.79. The fraction of sp³-hybridized carbons (Fsp3) is 0.533. The molecule has 0 bridgehead atoms. The van der Waals surface area contributed by atoms with Gasteiger partial charge in [0, 0.05) is 30.9 Å². The molecule has 19 heavy (non-hydrogen) atoms. The number of carbonyl (C=O) groups excluding carboxylic acids is 1. The van der Waals surface area contributed by atoms with Gasteiger partial charge < -0.3 is 15.3 Å². The van der Waals surface area contributed by atoms with Gasteiger partial charge in [-0.3, -0.25) is 4.79 Å². The van der Waals surface area contributed by atoms with Crippen LogP contribution in [0, 0.1) is 0 Å². The predicted octanol–water partition coefficient (Wildman–Crippen LogP) is 2.03. The van der Waals surface area contributed by atoms with Crippen LogP contribution in [0.5, 0.6) is 0 Å². The van der Waals surface area contributed by atoms with Gasteiger partial charge in [-0.25, -0.2) is 0 Å². The van der Waals surface area contributed by atoms with Crippen LogP contribution in [0.1, 0.15) is 37.6 Å². The molecule has 4 nitrogen and oxygen atoms in total. The van der Waals surface area contributed by atoms with E-state index in [-0.39, 0.29) is 12.0 Å². The minimum Gasteiger partial charge on any atom is -0.393 e. The van der Waals surface area contributed by atoms with E-state index < -0.39 is 0 Å². The van der Waals surface area contributed by atoms with Crippen molar-refractivity contribution >= 4 is 11.6 Å². The van der Waals surface area contributed by atoms with Crippen LogP contribution in [-0.2, 0) is 0 Å². The maximum Gasteiger partial charge on any atom is 0.251 e. The monoisotopic (exact) mass is 264 g/mol. The maximum absolute atomic E-state index is 11.8. The zero-order chi connectivity index (χ0) is 14.3. The standard InChI is InChI=1S/C15H24N2O2/c1-4-17(5-2)14-8-6-13(7-9-14)15(19)16-11-10-12(3)18/h6-9,12,18H,4-5,10-11H2,1-3H3,(H,16,19).